The summed E-state index contributed by atoms with van der Waals surface area (Å²) in [5, 5.41) is 3.20. The van der Waals surface area contributed by atoms with Crippen LogP contribution in [0.25, 0.3) is 0 Å². The van der Waals surface area contributed by atoms with Crippen LogP contribution < -0.4 is 5.32 Å². The Labute approximate surface area is 121 Å². The van der Waals surface area contributed by atoms with Crippen molar-refractivity contribution in [2.75, 3.05) is 6.54 Å². The van der Waals surface area contributed by atoms with E-state index in [4.69, 9.17) is 11.6 Å². The predicted molar refractivity (Wildman–Crippen MR) is 78.2 cm³/mol. The van der Waals surface area contributed by atoms with Gasteiger partial charge in [0.1, 0.15) is 0 Å². The summed E-state index contributed by atoms with van der Waals surface area (Å²) >= 11 is 9.61. The predicted octanol–water partition coefficient (Wildman–Crippen LogP) is 3.89. The standard InChI is InChI=1S/C14H17BrClNO/c1-9-5-6-12(15)11(7-9)14(18)17-8-10-3-2-4-13(10)16/h5-7,10,13H,2-4,8H2,1H3,(H,17,18). The molecule has 0 aromatic heterocycles. The number of hydrogen-bond donors (Lipinski definition) is 1. The van der Waals surface area contributed by atoms with E-state index in [2.05, 4.69) is 21.2 Å². The lowest BCUT2D eigenvalue weighted by Crippen LogP contribution is -2.31. The maximum absolute atomic E-state index is 12.1. The van der Waals surface area contributed by atoms with Crippen LogP contribution in [0.2, 0.25) is 0 Å². The number of carbonyl (C=O) groups is 1. The first-order valence-electron chi connectivity index (χ1n) is 6.26. The molecule has 0 aliphatic heterocycles. The van der Waals surface area contributed by atoms with Gasteiger partial charge in [-0.2, -0.15) is 0 Å². The van der Waals surface area contributed by atoms with Crippen LogP contribution in [0.15, 0.2) is 22.7 Å². The molecule has 1 saturated carbocycles. The lowest BCUT2D eigenvalue weighted by atomic mass is 10.1. The van der Waals surface area contributed by atoms with Gasteiger partial charge >= 0.3 is 0 Å². The second kappa shape index (κ2) is 6.07. The highest BCUT2D eigenvalue weighted by Gasteiger charge is 2.25. The molecule has 2 unspecified atom stereocenters. The summed E-state index contributed by atoms with van der Waals surface area (Å²) in [6.07, 6.45) is 3.35. The van der Waals surface area contributed by atoms with E-state index in [1.807, 2.05) is 25.1 Å². The molecule has 1 aliphatic rings. The molecule has 98 valence electrons. The van der Waals surface area contributed by atoms with E-state index in [-0.39, 0.29) is 11.3 Å². The number of nitrogens with one attached hydrogen (secondary N) is 1. The smallest absolute Gasteiger partial charge is 0.252 e. The molecule has 1 amide bonds. The fourth-order valence-corrected chi connectivity index (χ4v) is 3.15. The number of aryl methyl sites for hydroxylation is 1. The quantitative estimate of drug-likeness (QED) is 0.837. The summed E-state index contributed by atoms with van der Waals surface area (Å²) in [6.45, 7) is 2.66. The van der Waals surface area contributed by atoms with Crippen molar-refractivity contribution in [3.8, 4) is 0 Å². The van der Waals surface area contributed by atoms with Crippen molar-refractivity contribution in [3.05, 3.63) is 33.8 Å². The van der Waals surface area contributed by atoms with Gasteiger partial charge in [-0.3, -0.25) is 4.79 Å². The normalized spacial score (nSPS) is 23.1. The lowest BCUT2D eigenvalue weighted by Gasteiger charge is -2.15. The molecule has 0 bridgehead atoms. The van der Waals surface area contributed by atoms with Crippen LogP contribution in [0.3, 0.4) is 0 Å². The Morgan fingerprint density at radius 3 is 2.94 bits per heavy atom. The second-order valence-corrected chi connectivity index (χ2v) is 6.32. The van der Waals surface area contributed by atoms with Gasteiger partial charge in [0, 0.05) is 16.4 Å². The fraction of sp³-hybridized carbons (Fsp3) is 0.500. The van der Waals surface area contributed by atoms with Gasteiger partial charge in [0.2, 0.25) is 0 Å². The highest BCUT2D eigenvalue weighted by Crippen LogP contribution is 2.29. The third-order valence-corrected chi connectivity index (χ3v) is 4.72. The Morgan fingerprint density at radius 1 is 1.50 bits per heavy atom. The van der Waals surface area contributed by atoms with Crippen molar-refractivity contribution in [2.24, 2.45) is 5.92 Å². The maximum Gasteiger partial charge on any atom is 0.252 e. The minimum Gasteiger partial charge on any atom is -0.352 e. The molecule has 0 radical (unpaired) electrons. The molecule has 0 saturated heterocycles. The highest BCUT2D eigenvalue weighted by molar-refractivity contribution is 9.10. The lowest BCUT2D eigenvalue weighted by molar-refractivity contribution is 0.0947. The fourth-order valence-electron chi connectivity index (χ4n) is 2.35. The average Bonchev–Trinajstić information content (AvgIpc) is 2.75. The zero-order chi connectivity index (χ0) is 13.1. The zero-order valence-electron chi connectivity index (χ0n) is 10.4. The summed E-state index contributed by atoms with van der Waals surface area (Å²) in [4.78, 5) is 12.1. The molecule has 0 spiro atoms. The summed E-state index contributed by atoms with van der Waals surface area (Å²) in [5.41, 5.74) is 1.78. The number of halogens is 2. The molecule has 2 rings (SSSR count). The monoisotopic (exact) mass is 329 g/mol. The Morgan fingerprint density at radius 2 is 2.28 bits per heavy atom. The van der Waals surface area contributed by atoms with Crippen molar-refractivity contribution >= 4 is 33.4 Å². The van der Waals surface area contributed by atoms with Crippen molar-refractivity contribution < 1.29 is 4.79 Å². The summed E-state index contributed by atoms with van der Waals surface area (Å²) < 4.78 is 0.833. The van der Waals surface area contributed by atoms with E-state index in [1.165, 1.54) is 6.42 Å². The van der Waals surface area contributed by atoms with Crippen molar-refractivity contribution in [1.29, 1.82) is 0 Å². The van der Waals surface area contributed by atoms with Crippen LogP contribution in [0.4, 0.5) is 0 Å². The van der Waals surface area contributed by atoms with Crippen LogP contribution in [0.1, 0.15) is 35.2 Å². The summed E-state index contributed by atoms with van der Waals surface area (Å²) in [7, 11) is 0. The van der Waals surface area contributed by atoms with Gasteiger partial charge < -0.3 is 5.32 Å². The van der Waals surface area contributed by atoms with Gasteiger partial charge in [0.05, 0.1) is 5.56 Å². The van der Waals surface area contributed by atoms with Crippen LogP contribution in [0.5, 0.6) is 0 Å². The Kier molecular flexibility index (Phi) is 4.68. The van der Waals surface area contributed by atoms with Gasteiger partial charge in [0.15, 0.2) is 0 Å². The number of carbonyl (C=O) groups excluding carboxylic acids is 1. The molecule has 2 nitrogen and oxygen atoms in total. The van der Waals surface area contributed by atoms with Crippen LogP contribution >= 0.6 is 27.5 Å². The minimum absolute atomic E-state index is 0.0265. The van der Waals surface area contributed by atoms with Gasteiger partial charge in [0.25, 0.3) is 5.91 Å². The van der Waals surface area contributed by atoms with Gasteiger partial charge in [-0.15, -0.1) is 11.6 Å². The molecule has 1 aliphatic carbocycles. The average molecular weight is 331 g/mol. The van der Waals surface area contributed by atoms with E-state index < -0.39 is 0 Å². The Hall–Kier alpha value is -0.540. The number of rotatable bonds is 3. The summed E-state index contributed by atoms with van der Waals surface area (Å²) in [5.74, 6) is 0.389. The molecule has 18 heavy (non-hydrogen) atoms. The largest absolute Gasteiger partial charge is 0.352 e. The van der Waals surface area contributed by atoms with Gasteiger partial charge in [-0.25, -0.2) is 0 Å². The molecule has 1 fully saturated rings. The SMILES string of the molecule is Cc1ccc(Br)c(C(=O)NCC2CCCC2Cl)c1. The molecule has 2 atom stereocenters. The zero-order valence-corrected chi connectivity index (χ0v) is 12.7. The first-order valence-corrected chi connectivity index (χ1v) is 7.49. The first kappa shape index (κ1) is 13.9. The van der Waals surface area contributed by atoms with Crippen LogP contribution in [-0.2, 0) is 0 Å². The molecule has 1 aromatic rings. The topological polar surface area (TPSA) is 29.1 Å². The van der Waals surface area contributed by atoms with Crippen LogP contribution in [0, 0.1) is 12.8 Å². The molecule has 0 heterocycles. The second-order valence-electron chi connectivity index (χ2n) is 4.90. The van der Waals surface area contributed by atoms with Gasteiger partial charge in [-0.1, -0.05) is 18.1 Å². The van der Waals surface area contributed by atoms with Crippen molar-refractivity contribution in [3.63, 3.8) is 0 Å². The van der Waals surface area contributed by atoms with E-state index in [9.17, 15) is 4.79 Å². The van der Waals surface area contributed by atoms with Crippen molar-refractivity contribution in [2.45, 2.75) is 31.6 Å². The third-order valence-electron chi connectivity index (χ3n) is 3.46. The Bertz CT molecular complexity index is 449. The molecule has 1 N–H and O–H groups in total. The number of hydrogen-bond acceptors (Lipinski definition) is 1. The number of alkyl halides is 1. The molecule has 1 aromatic carbocycles. The van der Waals surface area contributed by atoms with E-state index in [1.54, 1.807) is 0 Å². The number of benzene rings is 1. The molecule has 4 heteroatoms. The first-order chi connectivity index (χ1) is 8.58. The van der Waals surface area contributed by atoms with E-state index in [0.717, 1.165) is 22.9 Å². The minimum atomic E-state index is -0.0265. The number of amides is 1. The Balaban J connectivity index is 1.97. The van der Waals surface area contributed by atoms with E-state index in [0.29, 0.717) is 18.0 Å². The van der Waals surface area contributed by atoms with Gasteiger partial charge in [-0.05, 0) is 53.7 Å². The highest BCUT2D eigenvalue weighted by atomic mass is 79.9. The molecular formula is C14H17BrClNO. The summed E-state index contributed by atoms with van der Waals surface area (Å²) in [6, 6.07) is 5.78. The van der Waals surface area contributed by atoms with Crippen LogP contribution in [-0.4, -0.2) is 17.8 Å². The van der Waals surface area contributed by atoms with Crippen molar-refractivity contribution in [1.82, 2.24) is 5.32 Å². The van der Waals surface area contributed by atoms with E-state index >= 15 is 0 Å². The third kappa shape index (κ3) is 3.27. The molecular weight excluding hydrogens is 314 g/mol. The maximum atomic E-state index is 12.1.